The Morgan fingerprint density at radius 3 is 2.55 bits per heavy atom. The van der Waals surface area contributed by atoms with E-state index < -0.39 is 23.6 Å². The molecule has 0 saturated heterocycles. The van der Waals surface area contributed by atoms with Crippen molar-refractivity contribution in [3.8, 4) is 0 Å². The Hall–Kier alpha value is -1.40. The average Bonchev–Trinajstić information content (AvgIpc) is 2.87. The molecular formula is C14H13F4NS. The first kappa shape index (κ1) is 15.0. The highest BCUT2D eigenvalue weighted by atomic mass is 32.1. The number of alkyl halides is 3. The lowest BCUT2D eigenvalue weighted by Gasteiger charge is -2.22. The molecule has 1 heterocycles. The molecule has 1 N–H and O–H groups in total. The fraction of sp³-hybridized carbons (Fsp3) is 0.286. The third-order valence-electron chi connectivity index (χ3n) is 2.91. The lowest BCUT2D eigenvalue weighted by Crippen LogP contribution is -2.24. The first-order chi connectivity index (χ1) is 9.43. The van der Waals surface area contributed by atoms with Crippen molar-refractivity contribution in [2.24, 2.45) is 0 Å². The van der Waals surface area contributed by atoms with Gasteiger partial charge in [0.1, 0.15) is 5.82 Å². The number of hydrogen-bond acceptors (Lipinski definition) is 2. The Labute approximate surface area is 118 Å². The fourth-order valence-corrected chi connectivity index (χ4v) is 2.77. The van der Waals surface area contributed by atoms with Crippen molar-refractivity contribution < 1.29 is 17.6 Å². The molecule has 0 aliphatic rings. The van der Waals surface area contributed by atoms with Crippen LogP contribution in [-0.4, -0.2) is 6.54 Å². The molecule has 0 amide bonds. The average molecular weight is 303 g/mol. The third-order valence-corrected chi connectivity index (χ3v) is 3.62. The lowest BCUT2D eigenvalue weighted by molar-refractivity contribution is -0.138. The van der Waals surface area contributed by atoms with Crippen LogP contribution in [0.4, 0.5) is 17.6 Å². The SMILES string of the molecule is CCNC(c1ccsc1)c1cc(F)ccc1C(F)(F)F. The van der Waals surface area contributed by atoms with Gasteiger partial charge in [0.2, 0.25) is 0 Å². The lowest BCUT2D eigenvalue weighted by atomic mass is 9.95. The predicted octanol–water partition coefficient (Wildman–Crippen LogP) is 4.60. The van der Waals surface area contributed by atoms with Crippen molar-refractivity contribution in [3.63, 3.8) is 0 Å². The number of rotatable bonds is 4. The van der Waals surface area contributed by atoms with E-state index in [2.05, 4.69) is 5.32 Å². The summed E-state index contributed by atoms with van der Waals surface area (Å²) in [6.45, 7) is 2.28. The smallest absolute Gasteiger partial charge is 0.306 e. The van der Waals surface area contributed by atoms with Gasteiger partial charge in [-0.25, -0.2) is 4.39 Å². The highest BCUT2D eigenvalue weighted by Gasteiger charge is 2.35. The van der Waals surface area contributed by atoms with Gasteiger partial charge in [0.15, 0.2) is 0 Å². The third kappa shape index (κ3) is 3.19. The Kier molecular flexibility index (Phi) is 4.45. The molecule has 1 nitrogen and oxygen atoms in total. The number of benzene rings is 1. The predicted molar refractivity (Wildman–Crippen MR) is 71.2 cm³/mol. The van der Waals surface area contributed by atoms with E-state index in [1.807, 2.05) is 0 Å². The van der Waals surface area contributed by atoms with Gasteiger partial charge >= 0.3 is 6.18 Å². The summed E-state index contributed by atoms with van der Waals surface area (Å²) >= 11 is 1.39. The van der Waals surface area contributed by atoms with Crippen LogP contribution in [0.1, 0.15) is 29.7 Å². The quantitative estimate of drug-likeness (QED) is 0.814. The van der Waals surface area contributed by atoms with E-state index in [0.29, 0.717) is 12.1 Å². The van der Waals surface area contributed by atoms with E-state index in [1.165, 1.54) is 11.3 Å². The van der Waals surface area contributed by atoms with Crippen molar-refractivity contribution in [1.82, 2.24) is 5.32 Å². The van der Waals surface area contributed by atoms with E-state index in [9.17, 15) is 17.6 Å². The van der Waals surface area contributed by atoms with Crippen LogP contribution >= 0.6 is 11.3 Å². The first-order valence-corrected chi connectivity index (χ1v) is 7.00. The van der Waals surface area contributed by atoms with Gasteiger partial charge in [0.05, 0.1) is 11.6 Å². The summed E-state index contributed by atoms with van der Waals surface area (Å²) in [5.74, 6) is -0.675. The molecule has 0 saturated carbocycles. The van der Waals surface area contributed by atoms with Crippen molar-refractivity contribution in [2.75, 3.05) is 6.54 Å². The monoisotopic (exact) mass is 303 g/mol. The molecule has 2 rings (SSSR count). The van der Waals surface area contributed by atoms with Crippen LogP contribution in [0, 0.1) is 5.82 Å². The fourth-order valence-electron chi connectivity index (χ4n) is 2.08. The molecule has 0 aliphatic carbocycles. The summed E-state index contributed by atoms with van der Waals surface area (Å²) in [5, 5.41) is 6.53. The maximum atomic E-state index is 13.4. The molecule has 6 heteroatoms. The molecule has 0 radical (unpaired) electrons. The summed E-state index contributed by atoms with van der Waals surface area (Å²) in [6, 6.07) is 3.65. The van der Waals surface area contributed by atoms with Crippen molar-refractivity contribution in [1.29, 1.82) is 0 Å². The summed E-state index contributed by atoms with van der Waals surface area (Å²) in [4.78, 5) is 0. The summed E-state index contributed by atoms with van der Waals surface area (Å²) in [7, 11) is 0. The minimum Gasteiger partial charge on any atom is -0.306 e. The zero-order chi connectivity index (χ0) is 14.8. The zero-order valence-electron chi connectivity index (χ0n) is 10.7. The van der Waals surface area contributed by atoms with Gasteiger partial charge in [-0.1, -0.05) is 6.92 Å². The van der Waals surface area contributed by atoms with Crippen molar-refractivity contribution >= 4 is 11.3 Å². The van der Waals surface area contributed by atoms with E-state index >= 15 is 0 Å². The minimum absolute atomic E-state index is 0.0854. The van der Waals surface area contributed by atoms with Gasteiger partial charge in [0, 0.05) is 0 Å². The molecule has 0 spiro atoms. The molecule has 1 unspecified atom stereocenters. The van der Waals surface area contributed by atoms with E-state index in [1.54, 1.807) is 23.8 Å². The Bertz CT molecular complexity index is 563. The second-order valence-corrected chi connectivity index (χ2v) is 5.06. The van der Waals surface area contributed by atoms with Crippen LogP contribution in [0.15, 0.2) is 35.0 Å². The van der Waals surface area contributed by atoms with E-state index in [4.69, 9.17) is 0 Å². The zero-order valence-corrected chi connectivity index (χ0v) is 11.5. The number of thiophene rings is 1. The maximum Gasteiger partial charge on any atom is 0.416 e. The second kappa shape index (κ2) is 5.93. The summed E-state index contributed by atoms with van der Waals surface area (Å²) < 4.78 is 52.6. The number of nitrogens with one attached hydrogen (secondary N) is 1. The van der Waals surface area contributed by atoms with Crippen LogP contribution in [-0.2, 0) is 6.18 Å². The Morgan fingerprint density at radius 1 is 1.25 bits per heavy atom. The van der Waals surface area contributed by atoms with Gasteiger partial charge in [-0.3, -0.25) is 0 Å². The Balaban J connectivity index is 2.55. The standard InChI is InChI=1S/C14H13F4NS/c1-2-19-13(9-5-6-20-8-9)11-7-10(15)3-4-12(11)14(16,17)18/h3-8,13,19H,2H2,1H3. The Morgan fingerprint density at radius 2 is 2.00 bits per heavy atom. The maximum absolute atomic E-state index is 13.4. The topological polar surface area (TPSA) is 12.0 Å². The number of halogens is 4. The van der Waals surface area contributed by atoms with Crippen LogP contribution in [0.3, 0.4) is 0 Å². The second-order valence-electron chi connectivity index (χ2n) is 4.28. The summed E-state index contributed by atoms with van der Waals surface area (Å²) in [5.41, 5.74) is -0.193. The molecular weight excluding hydrogens is 290 g/mol. The largest absolute Gasteiger partial charge is 0.416 e. The van der Waals surface area contributed by atoms with Gasteiger partial charge in [0.25, 0.3) is 0 Å². The van der Waals surface area contributed by atoms with Crippen molar-refractivity contribution in [3.05, 3.63) is 57.5 Å². The molecule has 0 bridgehead atoms. The van der Waals surface area contributed by atoms with Crippen LogP contribution in [0.2, 0.25) is 0 Å². The molecule has 0 aliphatic heterocycles. The van der Waals surface area contributed by atoms with E-state index in [-0.39, 0.29) is 5.56 Å². The number of hydrogen-bond donors (Lipinski definition) is 1. The van der Waals surface area contributed by atoms with Gasteiger partial charge < -0.3 is 5.32 Å². The van der Waals surface area contributed by atoms with Crippen LogP contribution in [0.5, 0.6) is 0 Å². The molecule has 20 heavy (non-hydrogen) atoms. The molecule has 0 fully saturated rings. The van der Waals surface area contributed by atoms with Crippen molar-refractivity contribution in [2.45, 2.75) is 19.1 Å². The van der Waals surface area contributed by atoms with Crippen LogP contribution < -0.4 is 5.32 Å². The van der Waals surface area contributed by atoms with E-state index in [0.717, 1.165) is 18.2 Å². The molecule has 1 aromatic carbocycles. The van der Waals surface area contributed by atoms with Gasteiger partial charge in [-0.05, 0) is 52.7 Å². The summed E-state index contributed by atoms with van der Waals surface area (Å²) in [6.07, 6.45) is -4.51. The molecule has 108 valence electrons. The highest BCUT2D eigenvalue weighted by molar-refractivity contribution is 7.08. The van der Waals surface area contributed by atoms with Gasteiger partial charge in [-0.15, -0.1) is 0 Å². The molecule has 2 aromatic rings. The molecule has 1 aromatic heterocycles. The molecule has 1 atom stereocenters. The normalized spacial score (nSPS) is 13.4. The highest BCUT2D eigenvalue weighted by Crippen LogP contribution is 2.37. The minimum atomic E-state index is -4.51. The van der Waals surface area contributed by atoms with Gasteiger partial charge in [-0.2, -0.15) is 24.5 Å². The first-order valence-electron chi connectivity index (χ1n) is 6.05. The van der Waals surface area contributed by atoms with Crippen LogP contribution in [0.25, 0.3) is 0 Å².